The number of nitrogens with zero attached hydrogens (tertiary/aromatic N) is 1. The first-order chi connectivity index (χ1) is 12.4. The predicted octanol–water partition coefficient (Wildman–Crippen LogP) is 4.70. The van der Waals surface area contributed by atoms with Gasteiger partial charge in [-0.05, 0) is 65.2 Å². The van der Waals surface area contributed by atoms with E-state index < -0.39 is 28.9 Å². The Hall–Kier alpha value is -1.95. The molecule has 0 aliphatic heterocycles. The second-order valence-electron chi connectivity index (χ2n) is 8.61. The highest BCUT2D eigenvalue weighted by Crippen LogP contribution is 2.52. The lowest BCUT2D eigenvalue weighted by molar-refractivity contribution is 0.0407. The third-order valence-corrected chi connectivity index (χ3v) is 4.63. The van der Waals surface area contributed by atoms with Gasteiger partial charge in [-0.2, -0.15) is 0 Å². The molecule has 2 rings (SSSR count). The third kappa shape index (κ3) is 5.51. The van der Waals surface area contributed by atoms with Crippen LogP contribution in [-0.4, -0.2) is 41.9 Å². The Morgan fingerprint density at radius 2 is 1.85 bits per heavy atom. The molecule has 0 aromatic heterocycles. The molecular weight excluding hydrogens is 368 g/mol. The molecule has 27 heavy (non-hydrogen) atoms. The summed E-state index contributed by atoms with van der Waals surface area (Å²) in [6.45, 7) is 9.38. The van der Waals surface area contributed by atoms with Crippen molar-refractivity contribution in [2.24, 2.45) is 0 Å². The average Bonchev–Trinajstić information content (AvgIpc) is 3.31. The van der Waals surface area contributed by atoms with Crippen LogP contribution in [0.25, 0.3) is 0 Å². The van der Waals surface area contributed by atoms with Gasteiger partial charge in [-0.1, -0.05) is 23.7 Å². The van der Waals surface area contributed by atoms with E-state index in [1.165, 1.54) is 7.11 Å². The van der Waals surface area contributed by atoms with Crippen LogP contribution in [0.2, 0.25) is 5.02 Å². The number of nitrogens with one attached hydrogen (secondary N) is 1. The topological polar surface area (TPSA) is 67.9 Å². The van der Waals surface area contributed by atoms with Crippen LogP contribution >= 0.6 is 11.6 Å². The molecule has 0 heterocycles. The van der Waals surface area contributed by atoms with Crippen molar-refractivity contribution in [1.82, 2.24) is 10.2 Å². The quantitative estimate of drug-likeness (QED) is 0.783. The number of hydrogen-bond donors (Lipinski definition) is 1. The summed E-state index contributed by atoms with van der Waals surface area (Å²) in [6.07, 6.45) is 0.659. The lowest BCUT2D eigenvalue weighted by Crippen LogP contribution is -2.56. The summed E-state index contributed by atoms with van der Waals surface area (Å²) in [6, 6.07) is 7.51. The maximum Gasteiger partial charge on any atom is 0.410 e. The van der Waals surface area contributed by atoms with Crippen molar-refractivity contribution in [2.45, 2.75) is 64.1 Å². The summed E-state index contributed by atoms with van der Waals surface area (Å²) in [4.78, 5) is 26.4. The molecule has 1 fully saturated rings. The van der Waals surface area contributed by atoms with Gasteiger partial charge in [0, 0.05) is 11.6 Å². The fraction of sp³-hybridized carbons (Fsp3) is 0.600. The zero-order chi connectivity index (χ0) is 20.5. The SMILES string of the molecule is COC(=O)N(CC(C)(C)NC(=O)OC(C)(C)C)C1(c2cccc(Cl)c2)CC1. The Morgan fingerprint density at radius 3 is 2.33 bits per heavy atom. The van der Waals surface area contributed by atoms with Crippen LogP contribution in [0.4, 0.5) is 9.59 Å². The second kappa shape index (κ2) is 7.58. The highest BCUT2D eigenvalue weighted by Gasteiger charge is 2.53. The minimum Gasteiger partial charge on any atom is -0.453 e. The number of methoxy groups -OCH3 is 1. The van der Waals surface area contributed by atoms with E-state index in [1.807, 2.05) is 32.0 Å². The van der Waals surface area contributed by atoms with Crippen LogP contribution in [-0.2, 0) is 15.0 Å². The molecule has 2 amide bonds. The molecular formula is C20H29ClN2O4. The molecule has 1 aromatic carbocycles. The summed E-state index contributed by atoms with van der Waals surface area (Å²) in [5.74, 6) is 0. The normalized spacial score (nSPS) is 15.7. The molecule has 0 saturated heterocycles. The Kier molecular flexibility index (Phi) is 6.00. The van der Waals surface area contributed by atoms with Gasteiger partial charge in [0.05, 0.1) is 18.2 Å². The fourth-order valence-electron chi connectivity index (χ4n) is 3.13. The van der Waals surface area contributed by atoms with Crippen LogP contribution in [0.1, 0.15) is 53.0 Å². The highest BCUT2D eigenvalue weighted by molar-refractivity contribution is 6.30. The first kappa shape index (κ1) is 21.4. The predicted molar refractivity (Wildman–Crippen MR) is 105 cm³/mol. The van der Waals surface area contributed by atoms with Crippen LogP contribution in [0.5, 0.6) is 0 Å². The van der Waals surface area contributed by atoms with Gasteiger partial charge in [0.2, 0.25) is 0 Å². The minimum absolute atomic E-state index is 0.269. The second-order valence-corrected chi connectivity index (χ2v) is 9.05. The maximum absolute atomic E-state index is 12.6. The number of carbonyl (C=O) groups is 2. The van der Waals surface area contributed by atoms with Crippen molar-refractivity contribution in [2.75, 3.05) is 13.7 Å². The zero-order valence-corrected chi connectivity index (χ0v) is 17.6. The lowest BCUT2D eigenvalue weighted by atomic mass is 9.99. The molecule has 0 unspecified atom stereocenters. The summed E-state index contributed by atoms with van der Waals surface area (Å²) >= 11 is 6.15. The van der Waals surface area contributed by atoms with Gasteiger partial charge >= 0.3 is 12.2 Å². The van der Waals surface area contributed by atoms with E-state index in [1.54, 1.807) is 31.7 Å². The number of hydrogen-bond acceptors (Lipinski definition) is 4. The molecule has 6 nitrogen and oxygen atoms in total. The molecule has 1 saturated carbocycles. The van der Waals surface area contributed by atoms with Crippen molar-refractivity contribution in [3.63, 3.8) is 0 Å². The Labute approximate surface area is 166 Å². The number of rotatable bonds is 5. The molecule has 7 heteroatoms. The van der Waals surface area contributed by atoms with Gasteiger partial charge in [0.1, 0.15) is 5.60 Å². The van der Waals surface area contributed by atoms with Gasteiger partial charge in [-0.15, -0.1) is 0 Å². The van der Waals surface area contributed by atoms with Crippen LogP contribution in [0.15, 0.2) is 24.3 Å². The number of halogens is 1. The number of alkyl carbamates (subject to hydrolysis) is 1. The Balaban J connectivity index is 2.22. The molecule has 0 atom stereocenters. The van der Waals surface area contributed by atoms with E-state index >= 15 is 0 Å². The minimum atomic E-state index is -0.718. The molecule has 1 N–H and O–H groups in total. The first-order valence-corrected chi connectivity index (χ1v) is 9.39. The number of carbonyl (C=O) groups excluding carboxylic acids is 2. The zero-order valence-electron chi connectivity index (χ0n) is 16.9. The van der Waals surface area contributed by atoms with Crippen LogP contribution in [0, 0.1) is 0 Å². The summed E-state index contributed by atoms with van der Waals surface area (Å²) in [7, 11) is 1.36. The monoisotopic (exact) mass is 396 g/mol. The molecule has 0 spiro atoms. The van der Waals surface area contributed by atoms with E-state index in [2.05, 4.69) is 5.32 Å². The highest BCUT2D eigenvalue weighted by atomic mass is 35.5. The third-order valence-electron chi connectivity index (χ3n) is 4.39. The van der Waals surface area contributed by atoms with E-state index in [4.69, 9.17) is 21.1 Å². The van der Waals surface area contributed by atoms with E-state index in [-0.39, 0.29) is 6.54 Å². The Morgan fingerprint density at radius 1 is 1.22 bits per heavy atom. The van der Waals surface area contributed by atoms with Crippen LogP contribution in [0.3, 0.4) is 0 Å². The first-order valence-electron chi connectivity index (χ1n) is 9.01. The van der Waals surface area contributed by atoms with E-state index in [0.29, 0.717) is 5.02 Å². The number of benzene rings is 1. The summed E-state index contributed by atoms with van der Waals surface area (Å²) < 4.78 is 10.4. The maximum atomic E-state index is 12.6. The van der Waals surface area contributed by atoms with Gasteiger partial charge in [0.15, 0.2) is 0 Å². The largest absolute Gasteiger partial charge is 0.453 e. The van der Waals surface area contributed by atoms with Gasteiger partial charge in [-0.25, -0.2) is 9.59 Å². The standard InChI is InChI=1S/C20H29ClN2O4/c1-18(2,3)27-16(24)22-19(4,5)13-23(17(25)26-6)20(10-11-20)14-8-7-9-15(21)12-14/h7-9,12H,10-11,13H2,1-6H3,(H,22,24). The molecule has 1 aliphatic carbocycles. The number of amides is 2. The van der Waals surface area contributed by atoms with Crippen molar-refractivity contribution in [3.05, 3.63) is 34.9 Å². The summed E-state index contributed by atoms with van der Waals surface area (Å²) in [5.41, 5.74) is -0.815. The van der Waals surface area contributed by atoms with Gasteiger partial charge in [0.25, 0.3) is 0 Å². The lowest BCUT2D eigenvalue weighted by Gasteiger charge is -2.38. The molecule has 1 aromatic rings. The van der Waals surface area contributed by atoms with Crippen molar-refractivity contribution >= 4 is 23.8 Å². The molecule has 0 radical (unpaired) electrons. The molecule has 150 valence electrons. The van der Waals surface area contributed by atoms with Crippen molar-refractivity contribution in [3.8, 4) is 0 Å². The molecule has 0 bridgehead atoms. The van der Waals surface area contributed by atoms with Crippen molar-refractivity contribution in [1.29, 1.82) is 0 Å². The Bertz CT molecular complexity index is 708. The average molecular weight is 397 g/mol. The molecule has 1 aliphatic rings. The number of ether oxygens (including phenoxy) is 2. The smallest absolute Gasteiger partial charge is 0.410 e. The van der Waals surface area contributed by atoms with Crippen molar-refractivity contribution < 1.29 is 19.1 Å². The van der Waals surface area contributed by atoms with E-state index in [9.17, 15) is 9.59 Å². The fourth-order valence-corrected chi connectivity index (χ4v) is 3.32. The summed E-state index contributed by atoms with van der Waals surface area (Å²) in [5, 5.41) is 3.47. The van der Waals surface area contributed by atoms with E-state index in [0.717, 1.165) is 18.4 Å². The van der Waals surface area contributed by atoms with Gasteiger partial charge in [-0.3, -0.25) is 4.90 Å². The van der Waals surface area contributed by atoms with Crippen LogP contribution < -0.4 is 5.32 Å². The van der Waals surface area contributed by atoms with Gasteiger partial charge < -0.3 is 14.8 Å².